The van der Waals surface area contributed by atoms with Gasteiger partial charge in [0.05, 0.1) is 4.47 Å². The van der Waals surface area contributed by atoms with Crippen LogP contribution in [0.2, 0.25) is 0 Å². The van der Waals surface area contributed by atoms with E-state index in [1.165, 1.54) is 0 Å². The van der Waals surface area contributed by atoms with Crippen molar-refractivity contribution in [1.29, 1.82) is 0 Å². The van der Waals surface area contributed by atoms with Crippen LogP contribution in [-0.4, -0.2) is 13.2 Å². The standard InChI is InChI=1S/C14H11Br3O2/c15-10-1-4-12(5-2-10)18-7-8-19-14-6-3-11(16)9-13(14)17/h1-6,9H,7-8H2. The van der Waals surface area contributed by atoms with Crippen LogP contribution in [0, 0.1) is 0 Å². The van der Waals surface area contributed by atoms with Crippen LogP contribution in [0.25, 0.3) is 0 Å². The lowest BCUT2D eigenvalue weighted by atomic mass is 10.3. The Balaban J connectivity index is 1.79. The van der Waals surface area contributed by atoms with E-state index in [1.54, 1.807) is 0 Å². The normalized spacial score (nSPS) is 10.3. The van der Waals surface area contributed by atoms with Crippen LogP contribution in [0.4, 0.5) is 0 Å². The third kappa shape index (κ3) is 4.82. The Hall–Kier alpha value is -0.520. The highest BCUT2D eigenvalue weighted by Gasteiger charge is 2.01. The molecule has 2 aromatic rings. The Bertz CT molecular complexity index is 541. The number of hydrogen-bond acceptors (Lipinski definition) is 2. The fraction of sp³-hybridized carbons (Fsp3) is 0.143. The molecule has 0 heterocycles. The highest BCUT2D eigenvalue weighted by atomic mass is 79.9. The quantitative estimate of drug-likeness (QED) is 0.565. The predicted molar refractivity (Wildman–Crippen MR) is 87.0 cm³/mol. The van der Waals surface area contributed by atoms with E-state index in [1.807, 2.05) is 42.5 Å². The van der Waals surface area contributed by atoms with Gasteiger partial charge in [-0.3, -0.25) is 0 Å². The first-order valence-corrected chi connectivity index (χ1v) is 7.99. The SMILES string of the molecule is Brc1ccc(OCCOc2ccc(Br)cc2Br)cc1. The van der Waals surface area contributed by atoms with Crippen LogP contribution in [-0.2, 0) is 0 Å². The minimum atomic E-state index is 0.496. The van der Waals surface area contributed by atoms with Gasteiger partial charge < -0.3 is 9.47 Å². The van der Waals surface area contributed by atoms with Crippen molar-refractivity contribution < 1.29 is 9.47 Å². The molecule has 100 valence electrons. The van der Waals surface area contributed by atoms with Gasteiger partial charge in [0.15, 0.2) is 0 Å². The van der Waals surface area contributed by atoms with Crippen molar-refractivity contribution in [2.45, 2.75) is 0 Å². The molecule has 5 heteroatoms. The maximum absolute atomic E-state index is 5.64. The number of benzene rings is 2. The molecule has 0 saturated heterocycles. The molecule has 0 unspecified atom stereocenters. The molecule has 0 saturated carbocycles. The van der Waals surface area contributed by atoms with Crippen molar-refractivity contribution in [3.8, 4) is 11.5 Å². The maximum Gasteiger partial charge on any atom is 0.133 e. The first kappa shape index (κ1) is 14.9. The van der Waals surface area contributed by atoms with E-state index >= 15 is 0 Å². The van der Waals surface area contributed by atoms with Gasteiger partial charge in [-0.25, -0.2) is 0 Å². The number of hydrogen-bond donors (Lipinski definition) is 0. The third-order valence-electron chi connectivity index (χ3n) is 2.32. The second-order valence-corrected chi connectivity index (χ2v) is 6.41. The number of ether oxygens (including phenoxy) is 2. The molecule has 0 atom stereocenters. The van der Waals surface area contributed by atoms with E-state index in [4.69, 9.17) is 9.47 Å². The minimum absolute atomic E-state index is 0.496. The molecule has 2 rings (SSSR count). The molecule has 0 aliphatic rings. The van der Waals surface area contributed by atoms with Crippen molar-refractivity contribution in [1.82, 2.24) is 0 Å². The van der Waals surface area contributed by atoms with Crippen molar-refractivity contribution in [2.24, 2.45) is 0 Å². The summed E-state index contributed by atoms with van der Waals surface area (Å²) in [7, 11) is 0. The molecule has 0 N–H and O–H groups in total. The van der Waals surface area contributed by atoms with E-state index < -0.39 is 0 Å². The average molecular weight is 451 g/mol. The van der Waals surface area contributed by atoms with Crippen molar-refractivity contribution in [3.63, 3.8) is 0 Å². The fourth-order valence-corrected chi connectivity index (χ4v) is 2.86. The molecule has 19 heavy (non-hydrogen) atoms. The zero-order valence-corrected chi connectivity index (χ0v) is 14.7. The number of rotatable bonds is 5. The molecule has 0 aliphatic heterocycles. The molecular weight excluding hydrogens is 440 g/mol. The van der Waals surface area contributed by atoms with Gasteiger partial charge in [-0.1, -0.05) is 31.9 Å². The average Bonchev–Trinajstić information content (AvgIpc) is 2.39. The summed E-state index contributed by atoms with van der Waals surface area (Å²) in [4.78, 5) is 0. The summed E-state index contributed by atoms with van der Waals surface area (Å²) in [5.41, 5.74) is 0. The summed E-state index contributed by atoms with van der Waals surface area (Å²) in [6, 6.07) is 13.5. The van der Waals surface area contributed by atoms with Gasteiger partial charge in [0.25, 0.3) is 0 Å². The van der Waals surface area contributed by atoms with Gasteiger partial charge in [-0.15, -0.1) is 0 Å². The van der Waals surface area contributed by atoms with E-state index in [2.05, 4.69) is 47.8 Å². The van der Waals surface area contributed by atoms with Gasteiger partial charge >= 0.3 is 0 Å². The first-order valence-electron chi connectivity index (χ1n) is 5.61. The zero-order chi connectivity index (χ0) is 13.7. The largest absolute Gasteiger partial charge is 0.490 e. The Morgan fingerprint density at radius 2 is 1.37 bits per heavy atom. The highest BCUT2D eigenvalue weighted by molar-refractivity contribution is 9.11. The Kier molecular flexibility index (Phi) is 5.73. The third-order valence-corrected chi connectivity index (χ3v) is 3.96. The van der Waals surface area contributed by atoms with Gasteiger partial charge in [0.2, 0.25) is 0 Å². The van der Waals surface area contributed by atoms with E-state index in [0.717, 1.165) is 24.9 Å². The predicted octanol–water partition coefficient (Wildman–Crippen LogP) is 5.43. The van der Waals surface area contributed by atoms with Gasteiger partial charge in [-0.2, -0.15) is 0 Å². The molecule has 0 radical (unpaired) electrons. The summed E-state index contributed by atoms with van der Waals surface area (Å²) in [5.74, 6) is 1.64. The summed E-state index contributed by atoms with van der Waals surface area (Å²) < 4.78 is 14.2. The van der Waals surface area contributed by atoms with Crippen LogP contribution in [0.3, 0.4) is 0 Å². The molecular formula is C14H11Br3O2. The van der Waals surface area contributed by atoms with E-state index in [9.17, 15) is 0 Å². The lowest BCUT2D eigenvalue weighted by molar-refractivity contribution is 0.216. The van der Waals surface area contributed by atoms with Crippen LogP contribution >= 0.6 is 47.8 Å². The Morgan fingerprint density at radius 3 is 2.05 bits per heavy atom. The Morgan fingerprint density at radius 1 is 0.737 bits per heavy atom. The van der Waals surface area contributed by atoms with E-state index in [0.29, 0.717) is 13.2 Å². The molecule has 0 aliphatic carbocycles. The molecule has 0 bridgehead atoms. The van der Waals surface area contributed by atoms with Gasteiger partial charge in [0, 0.05) is 8.95 Å². The molecule has 0 spiro atoms. The monoisotopic (exact) mass is 448 g/mol. The number of halogens is 3. The van der Waals surface area contributed by atoms with Crippen molar-refractivity contribution in [3.05, 3.63) is 55.9 Å². The second-order valence-electron chi connectivity index (χ2n) is 3.73. The summed E-state index contributed by atoms with van der Waals surface area (Å²) >= 11 is 10.2. The van der Waals surface area contributed by atoms with Crippen LogP contribution in [0.5, 0.6) is 11.5 Å². The molecule has 0 amide bonds. The highest BCUT2D eigenvalue weighted by Crippen LogP contribution is 2.28. The van der Waals surface area contributed by atoms with Crippen LogP contribution in [0.15, 0.2) is 55.9 Å². The molecule has 0 fully saturated rings. The molecule has 2 aromatic carbocycles. The van der Waals surface area contributed by atoms with Crippen molar-refractivity contribution in [2.75, 3.05) is 13.2 Å². The van der Waals surface area contributed by atoms with Crippen LogP contribution in [0.1, 0.15) is 0 Å². The summed E-state index contributed by atoms with van der Waals surface area (Å²) in [6.45, 7) is 1.00. The van der Waals surface area contributed by atoms with Crippen LogP contribution < -0.4 is 9.47 Å². The summed E-state index contributed by atoms with van der Waals surface area (Å²) in [5, 5.41) is 0. The topological polar surface area (TPSA) is 18.5 Å². The Labute approximate surface area is 137 Å². The zero-order valence-electron chi connectivity index (χ0n) is 9.91. The molecule has 0 aromatic heterocycles. The molecule has 2 nitrogen and oxygen atoms in total. The maximum atomic E-state index is 5.64. The lowest BCUT2D eigenvalue weighted by Crippen LogP contribution is -2.09. The fourth-order valence-electron chi connectivity index (χ4n) is 1.43. The smallest absolute Gasteiger partial charge is 0.133 e. The van der Waals surface area contributed by atoms with Gasteiger partial charge in [-0.05, 0) is 58.4 Å². The lowest BCUT2D eigenvalue weighted by Gasteiger charge is -2.10. The summed E-state index contributed by atoms with van der Waals surface area (Å²) in [6.07, 6.45) is 0. The minimum Gasteiger partial charge on any atom is -0.490 e. The van der Waals surface area contributed by atoms with E-state index in [-0.39, 0.29) is 0 Å². The second kappa shape index (κ2) is 7.31. The first-order chi connectivity index (χ1) is 9.15. The van der Waals surface area contributed by atoms with Crippen molar-refractivity contribution >= 4 is 47.8 Å². The van der Waals surface area contributed by atoms with Gasteiger partial charge in [0.1, 0.15) is 24.7 Å².